The monoisotopic (exact) mass is 297 g/mol. The number of nitrogens with two attached hydrogens (primary N) is 1. The van der Waals surface area contributed by atoms with Crippen molar-refractivity contribution in [1.29, 1.82) is 0 Å². The second-order valence-corrected chi connectivity index (χ2v) is 5.10. The Bertz CT molecular complexity index is 633. The molecule has 0 bridgehead atoms. The van der Waals surface area contributed by atoms with Crippen LogP contribution in [-0.4, -0.2) is 23.1 Å². The zero-order chi connectivity index (χ0) is 14.9. The molecule has 1 atom stereocenters. The van der Waals surface area contributed by atoms with Crippen LogP contribution in [0.1, 0.15) is 18.1 Å². The van der Waals surface area contributed by atoms with Crippen molar-refractivity contribution in [3.8, 4) is 5.75 Å². The summed E-state index contributed by atoms with van der Waals surface area (Å²) in [6.07, 6.45) is 1.64. The number of aliphatic imine (C=N–C) groups is 2. The van der Waals surface area contributed by atoms with E-state index in [1.165, 1.54) is 21.4 Å². The first-order chi connectivity index (χ1) is 9.29. The first kappa shape index (κ1) is 14.6. The zero-order valence-corrected chi connectivity index (χ0v) is 11.9. The molecule has 1 aliphatic heterocycles. The van der Waals surface area contributed by atoms with Gasteiger partial charge >= 0.3 is 0 Å². The van der Waals surface area contributed by atoms with Crippen LogP contribution in [0.25, 0.3) is 0 Å². The number of benzene rings is 1. The van der Waals surface area contributed by atoms with Gasteiger partial charge < -0.3 is 10.8 Å². The molecule has 106 valence electrons. The number of nitrogens with zero attached hydrogens (tertiary/aromatic N) is 2. The number of halogens is 2. The normalized spacial score (nSPS) is 16.1. The summed E-state index contributed by atoms with van der Waals surface area (Å²) in [6, 6.07) is 3.68. The number of alkyl halides is 2. The molecule has 0 aliphatic carbocycles. The largest absolute Gasteiger partial charge is 0.507 e. The van der Waals surface area contributed by atoms with E-state index in [9.17, 15) is 13.9 Å². The lowest BCUT2D eigenvalue weighted by Crippen LogP contribution is -2.14. The molecule has 1 unspecified atom stereocenters. The van der Waals surface area contributed by atoms with E-state index in [0.717, 1.165) is 6.07 Å². The van der Waals surface area contributed by atoms with Crippen LogP contribution in [0.2, 0.25) is 0 Å². The highest BCUT2D eigenvalue weighted by Crippen LogP contribution is 2.37. The topological polar surface area (TPSA) is 71.0 Å². The molecule has 0 saturated heterocycles. The Hall–Kier alpha value is -1.81. The lowest BCUT2D eigenvalue weighted by molar-refractivity contribution is 0.103. The minimum absolute atomic E-state index is 0.265. The maximum absolute atomic E-state index is 13.2. The minimum Gasteiger partial charge on any atom is -0.507 e. The molecular formula is C13H14F2N3OP. The SMILES string of the molecule is CC1=NC(N)=CCN=C1c1ccc(C(F)(F)P)cc1O. The molecular weight excluding hydrogens is 283 g/mol. The molecule has 0 aromatic heterocycles. The smallest absolute Gasteiger partial charge is 0.284 e. The molecule has 7 heteroatoms. The summed E-state index contributed by atoms with van der Waals surface area (Å²) in [4.78, 5) is 8.36. The van der Waals surface area contributed by atoms with Gasteiger partial charge in [-0.15, -0.1) is 0 Å². The highest BCUT2D eigenvalue weighted by Gasteiger charge is 2.26. The number of hydrogen-bond acceptors (Lipinski definition) is 4. The summed E-state index contributed by atoms with van der Waals surface area (Å²) in [5.41, 5.74) is 3.57. The lowest BCUT2D eigenvalue weighted by atomic mass is 10.0. The third-order valence-corrected chi connectivity index (χ3v) is 3.16. The summed E-state index contributed by atoms with van der Waals surface area (Å²) in [6.45, 7) is 2.02. The minimum atomic E-state index is -3.09. The average Bonchev–Trinajstić information content (AvgIpc) is 2.49. The lowest BCUT2D eigenvalue weighted by Gasteiger charge is -2.13. The van der Waals surface area contributed by atoms with Crippen molar-refractivity contribution >= 4 is 20.7 Å². The van der Waals surface area contributed by atoms with Gasteiger partial charge in [-0.3, -0.25) is 4.99 Å². The Labute approximate surface area is 117 Å². The van der Waals surface area contributed by atoms with Crippen molar-refractivity contribution in [3.63, 3.8) is 0 Å². The van der Waals surface area contributed by atoms with Gasteiger partial charge in [-0.25, -0.2) is 4.99 Å². The molecule has 0 spiro atoms. The third kappa shape index (κ3) is 3.02. The van der Waals surface area contributed by atoms with Gasteiger partial charge in [0.1, 0.15) is 11.6 Å². The Balaban J connectivity index is 2.45. The molecule has 1 heterocycles. The van der Waals surface area contributed by atoms with Gasteiger partial charge in [-0.1, -0.05) is 15.3 Å². The standard InChI is InChI=1S/C13H14F2N3OP/c1-7-12(17-5-4-11(16)18-7)9-3-2-8(6-10(9)19)13(14,15)20/h2-4,6,19H,5,16,20H2,1H3. The van der Waals surface area contributed by atoms with Gasteiger partial charge in [-0.2, -0.15) is 8.78 Å². The summed E-state index contributed by atoms with van der Waals surface area (Å²) >= 11 is 0. The summed E-state index contributed by atoms with van der Waals surface area (Å²) in [5.74, 6) is 0.0762. The predicted octanol–water partition coefficient (Wildman–Crippen LogP) is 2.38. The van der Waals surface area contributed by atoms with Gasteiger partial charge in [0.25, 0.3) is 5.66 Å². The van der Waals surface area contributed by atoms with Gasteiger partial charge in [0.05, 0.1) is 18.0 Å². The van der Waals surface area contributed by atoms with E-state index in [2.05, 4.69) is 9.98 Å². The highest BCUT2D eigenvalue weighted by molar-refractivity contribution is 7.17. The fourth-order valence-electron chi connectivity index (χ4n) is 1.86. The van der Waals surface area contributed by atoms with Crippen LogP contribution in [0.5, 0.6) is 5.75 Å². The van der Waals surface area contributed by atoms with E-state index < -0.39 is 5.66 Å². The maximum Gasteiger partial charge on any atom is 0.284 e. The van der Waals surface area contributed by atoms with E-state index in [0.29, 0.717) is 29.4 Å². The second kappa shape index (κ2) is 5.29. The molecule has 20 heavy (non-hydrogen) atoms. The number of hydrogen-bond donors (Lipinski definition) is 2. The summed E-state index contributed by atoms with van der Waals surface area (Å²) in [5, 5.41) is 9.96. The van der Waals surface area contributed by atoms with Gasteiger partial charge in [0, 0.05) is 11.1 Å². The molecule has 3 N–H and O–H groups in total. The molecule has 0 radical (unpaired) electrons. The summed E-state index contributed by atoms with van der Waals surface area (Å²) in [7, 11) is 1.43. The van der Waals surface area contributed by atoms with Crippen molar-refractivity contribution in [2.45, 2.75) is 12.6 Å². The van der Waals surface area contributed by atoms with Gasteiger partial charge in [-0.05, 0) is 25.1 Å². The first-order valence-corrected chi connectivity index (χ1v) is 6.43. The van der Waals surface area contributed by atoms with Crippen LogP contribution < -0.4 is 5.73 Å². The number of phenols is 1. The highest BCUT2D eigenvalue weighted by atomic mass is 31.0. The number of aromatic hydroxyl groups is 1. The maximum atomic E-state index is 13.2. The van der Waals surface area contributed by atoms with Crippen LogP contribution in [0.3, 0.4) is 0 Å². The van der Waals surface area contributed by atoms with Crippen LogP contribution in [0.4, 0.5) is 8.78 Å². The van der Waals surface area contributed by atoms with E-state index in [1.54, 1.807) is 13.0 Å². The van der Waals surface area contributed by atoms with Crippen molar-refractivity contribution in [1.82, 2.24) is 0 Å². The fourth-order valence-corrected chi connectivity index (χ4v) is 2.04. The van der Waals surface area contributed by atoms with Crippen molar-refractivity contribution < 1.29 is 13.9 Å². The molecule has 0 fully saturated rings. The Morgan fingerprint density at radius 3 is 2.70 bits per heavy atom. The molecule has 1 aromatic rings. The molecule has 1 aromatic carbocycles. The van der Waals surface area contributed by atoms with Crippen molar-refractivity contribution in [3.05, 3.63) is 41.2 Å². The zero-order valence-electron chi connectivity index (χ0n) is 10.8. The molecule has 4 nitrogen and oxygen atoms in total. The second-order valence-electron chi connectivity index (χ2n) is 4.37. The first-order valence-electron chi connectivity index (χ1n) is 5.85. The summed E-state index contributed by atoms with van der Waals surface area (Å²) < 4.78 is 26.3. The van der Waals surface area contributed by atoms with Gasteiger partial charge in [0.2, 0.25) is 0 Å². The Morgan fingerprint density at radius 1 is 1.40 bits per heavy atom. The third-order valence-electron chi connectivity index (χ3n) is 2.83. The Morgan fingerprint density at radius 2 is 2.10 bits per heavy atom. The molecule has 0 amide bonds. The van der Waals surface area contributed by atoms with E-state index >= 15 is 0 Å². The van der Waals surface area contributed by atoms with E-state index in [1.807, 2.05) is 0 Å². The van der Waals surface area contributed by atoms with E-state index in [-0.39, 0.29) is 11.3 Å². The molecule has 0 saturated carbocycles. The van der Waals surface area contributed by atoms with Gasteiger partial charge in [0.15, 0.2) is 0 Å². The predicted molar refractivity (Wildman–Crippen MR) is 78.5 cm³/mol. The van der Waals surface area contributed by atoms with Crippen molar-refractivity contribution in [2.75, 3.05) is 6.54 Å². The quantitative estimate of drug-likeness (QED) is 0.823. The number of rotatable bonds is 2. The molecule has 2 rings (SSSR count). The van der Waals surface area contributed by atoms with Crippen LogP contribution in [0.15, 0.2) is 40.1 Å². The molecule has 1 aliphatic rings. The van der Waals surface area contributed by atoms with E-state index in [4.69, 9.17) is 5.73 Å². The fraction of sp³-hybridized carbons (Fsp3) is 0.231. The van der Waals surface area contributed by atoms with Crippen LogP contribution in [-0.2, 0) is 5.66 Å². The Kier molecular flexibility index (Phi) is 3.86. The average molecular weight is 297 g/mol. The van der Waals surface area contributed by atoms with Crippen LogP contribution >= 0.6 is 9.24 Å². The number of phenolic OH excluding ortho intramolecular Hbond substituents is 1. The van der Waals surface area contributed by atoms with Crippen LogP contribution in [0, 0.1) is 0 Å². The van der Waals surface area contributed by atoms with Crippen molar-refractivity contribution in [2.24, 2.45) is 15.7 Å².